The van der Waals surface area contributed by atoms with Gasteiger partial charge in [0.15, 0.2) is 0 Å². The lowest BCUT2D eigenvalue weighted by molar-refractivity contribution is 0.505. The Morgan fingerprint density at radius 1 is 1.10 bits per heavy atom. The summed E-state index contributed by atoms with van der Waals surface area (Å²) in [4.78, 5) is 2.64. The molecule has 0 aliphatic heterocycles. The summed E-state index contributed by atoms with van der Waals surface area (Å²) in [6.07, 6.45) is 2.41. The van der Waals surface area contributed by atoms with E-state index in [9.17, 15) is 0 Å². The smallest absolute Gasteiger partial charge is 0.0414 e. The molecule has 0 aliphatic rings. The molecule has 0 saturated carbocycles. The van der Waals surface area contributed by atoms with E-state index in [1.54, 1.807) is 0 Å². The van der Waals surface area contributed by atoms with E-state index in [0.717, 1.165) is 19.6 Å². The molecule has 0 bridgehead atoms. The van der Waals surface area contributed by atoms with E-state index in [1.807, 2.05) is 0 Å². The fourth-order valence-corrected chi connectivity index (χ4v) is 2.96. The summed E-state index contributed by atoms with van der Waals surface area (Å²) in [6, 6.07) is 7.55. The molecular weight excluding hydrogens is 256 g/mol. The zero-order chi connectivity index (χ0) is 15.8. The lowest BCUT2D eigenvalue weighted by Gasteiger charge is -2.36. The molecule has 0 heterocycles. The van der Waals surface area contributed by atoms with Gasteiger partial charge in [0.2, 0.25) is 0 Å². The predicted molar refractivity (Wildman–Crippen MR) is 95.1 cm³/mol. The zero-order valence-electron chi connectivity index (χ0n) is 14.9. The Morgan fingerprint density at radius 3 is 2.29 bits per heavy atom. The van der Waals surface area contributed by atoms with Gasteiger partial charge in [-0.15, -0.1) is 0 Å². The molecule has 0 aliphatic carbocycles. The number of aryl methyl sites for hydroxylation is 1. The monoisotopic (exact) mass is 290 g/mol. The minimum Gasteiger partial charge on any atom is -0.368 e. The molecule has 2 heteroatoms. The van der Waals surface area contributed by atoms with Crippen LogP contribution in [0.5, 0.6) is 0 Å². The van der Waals surface area contributed by atoms with Gasteiger partial charge in [-0.05, 0) is 43.9 Å². The molecule has 0 spiro atoms. The highest BCUT2D eigenvalue weighted by Gasteiger charge is 2.19. The van der Waals surface area contributed by atoms with Crippen molar-refractivity contribution in [2.75, 3.05) is 18.0 Å². The lowest BCUT2D eigenvalue weighted by atomic mass is 10.0. The van der Waals surface area contributed by atoms with Crippen LogP contribution in [0.2, 0.25) is 0 Å². The Kier molecular flexibility index (Phi) is 7.81. The van der Waals surface area contributed by atoms with E-state index in [1.165, 1.54) is 29.7 Å². The Balaban J connectivity index is 3.15. The van der Waals surface area contributed by atoms with E-state index < -0.39 is 0 Å². The van der Waals surface area contributed by atoms with Gasteiger partial charge in [-0.1, -0.05) is 52.3 Å². The molecule has 120 valence electrons. The van der Waals surface area contributed by atoms with Crippen LogP contribution in [0.15, 0.2) is 18.2 Å². The normalized spacial score (nSPS) is 11.4. The number of anilines is 1. The molecule has 1 aromatic carbocycles. The average Bonchev–Trinajstić information content (AvgIpc) is 2.45. The van der Waals surface area contributed by atoms with Crippen molar-refractivity contribution in [2.45, 2.75) is 67.0 Å². The maximum Gasteiger partial charge on any atom is 0.0414 e. The van der Waals surface area contributed by atoms with E-state index in [2.05, 4.69) is 70.0 Å². The SMILES string of the molecule is CCNCc1cc(C)ccc1N(CC(C)C)C(CC)CC. The largest absolute Gasteiger partial charge is 0.368 e. The van der Waals surface area contributed by atoms with Gasteiger partial charge in [0, 0.05) is 24.8 Å². The van der Waals surface area contributed by atoms with Crippen molar-refractivity contribution in [2.24, 2.45) is 5.92 Å². The Labute approximate surface area is 131 Å². The van der Waals surface area contributed by atoms with Crippen LogP contribution in [-0.4, -0.2) is 19.1 Å². The highest BCUT2D eigenvalue weighted by Crippen LogP contribution is 2.27. The van der Waals surface area contributed by atoms with Gasteiger partial charge in [-0.3, -0.25) is 0 Å². The number of hydrogen-bond donors (Lipinski definition) is 1. The molecule has 1 rings (SSSR count). The van der Waals surface area contributed by atoms with Crippen molar-refractivity contribution in [1.82, 2.24) is 5.32 Å². The van der Waals surface area contributed by atoms with E-state index in [4.69, 9.17) is 0 Å². The third-order valence-corrected chi connectivity index (χ3v) is 4.05. The quantitative estimate of drug-likeness (QED) is 0.705. The number of hydrogen-bond acceptors (Lipinski definition) is 2. The average molecular weight is 290 g/mol. The summed E-state index contributed by atoms with van der Waals surface area (Å²) >= 11 is 0. The van der Waals surface area contributed by atoms with Gasteiger partial charge in [-0.2, -0.15) is 0 Å². The molecule has 0 saturated heterocycles. The van der Waals surface area contributed by atoms with E-state index >= 15 is 0 Å². The lowest BCUT2D eigenvalue weighted by Crippen LogP contribution is -2.38. The molecule has 0 atom stereocenters. The minimum atomic E-state index is 0.635. The third kappa shape index (κ3) is 5.35. The molecule has 0 aromatic heterocycles. The maximum absolute atomic E-state index is 3.49. The first-order valence-electron chi connectivity index (χ1n) is 8.60. The molecule has 1 N–H and O–H groups in total. The summed E-state index contributed by atoms with van der Waals surface area (Å²) in [6.45, 7) is 16.7. The molecular formula is C19H34N2. The van der Waals surface area contributed by atoms with Gasteiger partial charge >= 0.3 is 0 Å². The standard InChI is InChI=1S/C19H34N2/c1-7-18(8-2)21(14-15(4)5)19-11-10-16(6)12-17(19)13-20-9-3/h10-12,15,18,20H,7-9,13-14H2,1-6H3. The van der Waals surface area contributed by atoms with Gasteiger partial charge in [-0.25, -0.2) is 0 Å². The summed E-state index contributed by atoms with van der Waals surface area (Å²) in [5.41, 5.74) is 4.20. The van der Waals surface area contributed by atoms with Crippen molar-refractivity contribution < 1.29 is 0 Å². The predicted octanol–water partition coefficient (Wildman–Crippen LogP) is 4.76. The summed E-state index contributed by atoms with van der Waals surface area (Å²) < 4.78 is 0. The van der Waals surface area contributed by atoms with Crippen LogP contribution in [-0.2, 0) is 6.54 Å². The van der Waals surface area contributed by atoms with Crippen LogP contribution in [0.1, 0.15) is 58.6 Å². The van der Waals surface area contributed by atoms with Gasteiger partial charge < -0.3 is 10.2 Å². The minimum absolute atomic E-state index is 0.635. The zero-order valence-corrected chi connectivity index (χ0v) is 14.9. The molecule has 21 heavy (non-hydrogen) atoms. The first-order valence-corrected chi connectivity index (χ1v) is 8.60. The van der Waals surface area contributed by atoms with Crippen LogP contribution in [0, 0.1) is 12.8 Å². The van der Waals surface area contributed by atoms with Crippen molar-refractivity contribution in [1.29, 1.82) is 0 Å². The van der Waals surface area contributed by atoms with Crippen molar-refractivity contribution in [3.8, 4) is 0 Å². The van der Waals surface area contributed by atoms with Crippen LogP contribution in [0.3, 0.4) is 0 Å². The Bertz CT molecular complexity index is 408. The highest BCUT2D eigenvalue weighted by atomic mass is 15.2. The van der Waals surface area contributed by atoms with Crippen LogP contribution in [0.4, 0.5) is 5.69 Å². The van der Waals surface area contributed by atoms with Gasteiger partial charge in [0.05, 0.1) is 0 Å². The summed E-state index contributed by atoms with van der Waals surface area (Å²) in [5.74, 6) is 0.680. The highest BCUT2D eigenvalue weighted by molar-refractivity contribution is 5.56. The number of nitrogens with zero attached hydrogens (tertiary/aromatic N) is 1. The second kappa shape index (κ2) is 9.09. The number of rotatable bonds is 9. The molecule has 0 radical (unpaired) electrons. The Morgan fingerprint density at radius 2 is 1.76 bits per heavy atom. The van der Waals surface area contributed by atoms with Crippen LogP contribution in [0.25, 0.3) is 0 Å². The summed E-state index contributed by atoms with van der Waals surface area (Å²) in [7, 11) is 0. The molecule has 0 amide bonds. The fraction of sp³-hybridized carbons (Fsp3) is 0.684. The second-order valence-corrected chi connectivity index (χ2v) is 6.43. The summed E-state index contributed by atoms with van der Waals surface area (Å²) in [5, 5.41) is 3.49. The first kappa shape index (κ1) is 18.0. The number of nitrogens with one attached hydrogen (secondary N) is 1. The first-order chi connectivity index (χ1) is 10.0. The molecule has 0 fully saturated rings. The van der Waals surface area contributed by atoms with Crippen LogP contribution < -0.4 is 10.2 Å². The second-order valence-electron chi connectivity index (χ2n) is 6.43. The fourth-order valence-electron chi connectivity index (χ4n) is 2.96. The molecule has 0 unspecified atom stereocenters. The molecule has 1 aromatic rings. The third-order valence-electron chi connectivity index (χ3n) is 4.05. The van der Waals surface area contributed by atoms with Crippen molar-refractivity contribution in [3.05, 3.63) is 29.3 Å². The van der Waals surface area contributed by atoms with E-state index in [-0.39, 0.29) is 0 Å². The van der Waals surface area contributed by atoms with Crippen molar-refractivity contribution in [3.63, 3.8) is 0 Å². The number of benzene rings is 1. The maximum atomic E-state index is 3.49. The van der Waals surface area contributed by atoms with Gasteiger partial charge in [0.25, 0.3) is 0 Å². The Hall–Kier alpha value is -1.02. The van der Waals surface area contributed by atoms with E-state index in [0.29, 0.717) is 12.0 Å². The van der Waals surface area contributed by atoms with Crippen molar-refractivity contribution >= 4 is 5.69 Å². The molecule has 2 nitrogen and oxygen atoms in total. The topological polar surface area (TPSA) is 15.3 Å². The van der Waals surface area contributed by atoms with Crippen LogP contribution >= 0.6 is 0 Å². The van der Waals surface area contributed by atoms with Gasteiger partial charge in [0.1, 0.15) is 0 Å².